The molecule has 0 aliphatic carbocycles. The summed E-state index contributed by atoms with van der Waals surface area (Å²) in [6.07, 6.45) is -0.687. The van der Waals surface area contributed by atoms with E-state index in [2.05, 4.69) is 15.9 Å². The molecule has 5 heteroatoms. The second kappa shape index (κ2) is 4.82. The van der Waals surface area contributed by atoms with Crippen molar-refractivity contribution < 1.29 is 14.7 Å². The van der Waals surface area contributed by atoms with Crippen LogP contribution in [0.25, 0.3) is 0 Å². The van der Waals surface area contributed by atoms with Crippen LogP contribution < -0.4 is 4.90 Å². The molecule has 1 unspecified atom stereocenters. The van der Waals surface area contributed by atoms with Crippen molar-refractivity contribution in [2.75, 3.05) is 16.8 Å². The van der Waals surface area contributed by atoms with Crippen molar-refractivity contribution >= 4 is 33.3 Å². The number of carbonyl (C=O) groups excluding carboxylic acids is 2. The summed E-state index contributed by atoms with van der Waals surface area (Å²) in [6.45, 7) is 3.89. The van der Waals surface area contributed by atoms with Crippen molar-refractivity contribution in [3.63, 3.8) is 0 Å². The fraction of sp³-hybridized carbons (Fsp3) is 0.385. The van der Waals surface area contributed by atoms with Crippen LogP contribution in [0.5, 0.6) is 0 Å². The lowest BCUT2D eigenvalue weighted by Gasteiger charge is -2.21. The monoisotopic (exact) mass is 311 g/mol. The van der Waals surface area contributed by atoms with Crippen LogP contribution in [-0.4, -0.2) is 34.8 Å². The van der Waals surface area contributed by atoms with Gasteiger partial charge in [-0.3, -0.25) is 9.59 Å². The third-order valence-electron chi connectivity index (χ3n) is 2.97. The maximum absolute atomic E-state index is 11.9. The van der Waals surface area contributed by atoms with Gasteiger partial charge < -0.3 is 10.0 Å². The van der Waals surface area contributed by atoms with E-state index in [4.69, 9.17) is 0 Å². The highest BCUT2D eigenvalue weighted by atomic mass is 79.9. The molecule has 1 aromatic carbocycles. The number of hydrogen-bond donors (Lipinski definition) is 1. The summed E-state index contributed by atoms with van der Waals surface area (Å²) in [7, 11) is 0. The summed E-state index contributed by atoms with van der Waals surface area (Å²) in [5.74, 6) is -1.04. The van der Waals surface area contributed by atoms with Gasteiger partial charge in [-0.2, -0.15) is 0 Å². The molecule has 0 spiro atoms. The molecule has 1 atom stereocenters. The summed E-state index contributed by atoms with van der Waals surface area (Å²) in [5.41, 5.74) is 2.91. The number of aliphatic hydroxyl groups excluding tert-OH is 1. The minimum Gasteiger partial charge on any atom is -0.390 e. The van der Waals surface area contributed by atoms with E-state index in [1.165, 1.54) is 4.90 Å². The lowest BCUT2D eigenvalue weighted by molar-refractivity contribution is -0.114. The molecule has 0 fully saturated rings. The number of hydrogen-bond acceptors (Lipinski definition) is 3. The van der Waals surface area contributed by atoms with Gasteiger partial charge in [0.15, 0.2) is 0 Å². The summed E-state index contributed by atoms with van der Waals surface area (Å²) in [4.78, 5) is 25.2. The van der Waals surface area contributed by atoms with Gasteiger partial charge in [-0.1, -0.05) is 22.0 Å². The maximum Gasteiger partial charge on any atom is 0.299 e. The summed E-state index contributed by atoms with van der Waals surface area (Å²) in [6, 6.07) is 3.65. The van der Waals surface area contributed by atoms with Gasteiger partial charge in [0.1, 0.15) is 0 Å². The van der Waals surface area contributed by atoms with Gasteiger partial charge in [0.25, 0.3) is 11.7 Å². The van der Waals surface area contributed by atoms with Crippen LogP contribution in [0.3, 0.4) is 0 Å². The smallest absolute Gasteiger partial charge is 0.299 e. The Morgan fingerprint density at radius 1 is 1.33 bits per heavy atom. The molecule has 0 saturated carbocycles. The van der Waals surface area contributed by atoms with E-state index < -0.39 is 17.8 Å². The van der Waals surface area contributed by atoms with Crippen LogP contribution in [-0.2, 0) is 4.79 Å². The van der Waals surface area contributed by atoms with Crippen LogP contribution in [0, 0.1) is 13.8 Å². The lowest BCUT2D eigenvalue weighted by Crippen LogP contribution is -2.37. The number of ketones is 1. The number of alkyl halides is 1. The number of rotatable bonds is 3. The lowest BCUT2D eigenvalue weighted by atomic mass is 10.0. The summed E-state index contributed by atoms with van der Waals surface area (Å²) in [5, 5.41) is 10.0. The molecule has 0 radical (unpaired) electrons. The Kier molecular flexibility index (Phi) is 3.54. The zero-order valence-electron chi connectivity index (χ0n) is 10.2. The fourth-order valence-electron chi connectivity index (χ4n) is 2.26. The average Bonchev–Trinajstić information content (AvgIpc) is 2.54. The first kappa shape index (κ1) is 13.2. The zero-order chi connectivity index (χ0) is 13.4. The Bertz CT molecular complexity index is 527. The van der Waals surface area contributed by atoms with Crippen LogP contribution in [0.2, 0.25) is 0 Å². The Morgan fingerprint density at radius 2 is 2.00 bits per heavy atom. The number of nitrogens with zero attached hydrogens (tertiary/aromatic N) is 1. The fourth-order valence-corrected chi connectivity index (χ4v) is 2.47. The van der Waals surface area contributed by atoms with Gasteiger partial charge in [0, 0.05) is 5.33 Å². The van der Waals surface area contributed by atoms with E-state index in [1.807, 2.05) is 19.9 Å². The molecular formula is C13H14BrNO3. The maximum atomic E-state index is 11.9. The van der Waals surface area contributed by atoms with Crippen molar-refractivity contribution in [3.05, 3.63) is 28.8 Å². The molecule has 1 N–H and O–H groups in total. The Hall–Kier alpha value is -1.20. The average molecular weight is 312 g/mol. The van der Waals surface area contributed by atoms with Crippen LogP contribution >= 0.6 is 15.9 Å². The van der Waals surface area contributed by atoms with Crippen molar-refractivity contribution in [2.45, 2.75) is 20.0 Å². The molecule has 0 saturated heterocycles. The summed E-state index contributed by atoms with van der Waals surface area (Å²) >= 11 is 3.15. The highest BCUT2D eigenvalue weighted by molar-refractivity contribution is 9.09. The highest BCUT2D eigenvalue weighted by Crippen LogP contribution is 2.33. The standard InChI is InChI=1S/C13H14BrNO3/c1-7-3-8(2)11-10(4-7)12(17)13(18)15(11)6-9(16)5-14/h3-4,9,16H,5-6H2,1-2H3. The van der Waals surface area contributed by atoms with E-state index in [0.29, 0.717) is 16.6 Å². The molecular weight excluding hydrogens is 298 g/mol. The number of aliphatic hydroxyl groups is 1. The number of β-amino-alcohol motifs (C(OH)–C–C–N with tert-alkyl or cyclic N) is 1. The molecule has 0 aromatic heterocycles. The number of Topliss-reactive ketones (excluding diaryl/α,β-unsaturated/α-hetero) is 1. The Labute approximate surface area is 114 Å². The van der Waals surface area contributed by atoms with Crippen LogP contribution in [0.1, 0.15) is 21.5 Å². The van der Waals surface area contributed by atoms with Crippen molar-refractivity contribution in [3.8, 4) is 0 Å². The number of amides is 1. The Balaban J connectivity index is 2.48. The van der Waals surface area contributed by atoms with Crippen LogP contribution in [0.4, 0.5) is 5.69 Å². The van der Waals surface area contributed by atoms with E-state index in [0.717, 1.165) is 11.1 Å². The minimum atomic E-state index is -0.687. The number of halogens is 1. The first-order valence-corrected chi connectivity index (χ1v) is 6.79. The van der Waals surface area contributed by atoms with Gasteiger partial charge in [0.05, 0.1) is 23.9 Å². The van der Waals surface area contributed by atoms with Gasteiger partial charge in [-0.15, -0.1) is 0 Å². The number of benzene rings is 1. The molecule has 18 heavy (non-hydrogen) atoms. The van der Waals surface area contributed by atoms with E-state index in [-0.39, 0.29) is 6.54 Å². The van der Waals surface area contributed by atoms with Crippen molar-refractivity contribution in [1.82, 2.24) is 0 Å². The quantitative estimate of drug-likeness (QED) is 0.681. The summed E-state index contributed by atoms with van der Waals surface area (Å²) < 4.78 is 0. The normalized spacial score (nSPS) is 16.1. The molecule has 96 valence electrons. The molecule has 2 rings (SSSR count). The molecule has 1 aliphatic rings. The third kappa shape index (κ3) is 2.08. The van der Waals surface area contributed by atoms with Crippen LogP contribution in [0.15, 0.2) is 12.1 Å². The molecule has 1 aliphatic heterocycles. The van der Waals surface area contributed by atoms with Gasteiger partial charge in [-0.25, -0.2) is 0 Å². The van der Waals surface area contributed by atoms with E-state index in [9.17, 15) is 14.7 Å². The molecule has 1 aromatic rings. The van der Waals surface area contributed by atoms with Gasteiger partial charge in [0.2, 0.25) is 0 Å². The second-order valence-corrected chi connectivity index (χ2v) is 5.18. The zero-order valence-corrected chi connectivity index (χ0v) is 11.8. The third-order valence-corrected chi connectivity index (χ3v) is 3.72. The molecule has 1 amide bonds. The number of fused-ring (bicyclic) bond motifs is 1. The molecule has 0 bridgehead atoms. The predicted octanol–water partition coefficient (Wildman–Crippen LogP) is 1.59. The minimum absolute atomic E-state index is 0.132. The first-order chi connectivity index (χ1) is 8.45. The largest absolute Gasteiger partial charge is 0.390 e. The molecule has 1 heterocycles. The number of anilines is 1. The van der Waals surface area contributed by atoms with Gasteiger partial charge in [-0.05, 0) is 31.0 Å². The number of carbonyl (C=O) groups is 2. The SMILES string of the molecule is Cc1cc(C)c2c(c1)C(=O)C(=O)N2CC(O)CBr. The molecule has 4 nitrogen and oxygen atoms in total. The topological polar surface area (TPSA) is 57.6 Å². The first-order valence-electron chi connectivity index (χ1n) is 5.67. The highest BCUT2D eigenvalue weighted by Gasteiger charge is 2.37. The van der Waals surface area contributed by atoms with E-state index >= 15 is 0 Å². The van der Waals surface area contributed by atoms with Crippen molar-refractivity contribution in [2.24, 2.45) is 0 Å². The Morgan fingerprint density at radius 3 is 2.61 bits per heavy atom. The van der Waals surface area contributed by atoms with E-state index in [1.54, 1.807) is 6.07 Å². The number of aryl methyl sites for hydroxylation is 2. The second-order valence-electron chi connectivity index (χ2n) is 4.53. The predicted molar refractivity (Wildman–Crippen MR) is 72.4 cm³/mol. The van der Waals surface area contributed by atoms with Gasteiger partial charge >= 0.3 is 0 Å². The van der Waals surface area contributed by atoms with Crippen molar-refractivity contribution in [1.29, 1.82) is 0 Å².